The Kier molecular flexibility index (Phi) is 6.98. The van der Waals surface area contributed by atoms with Crippen LogP contribution in [0.25, 0.3) is 0 Å². The first kappa shape index (κ1) is 18.1. The van der Waals surface area contributed by atoms with E-state index in [1.165, 1.54) is 0 Å². The molecule has 0 saturated carbocycles. The summed E-state index contributed by atoms with van der Waals surface area (Å²) >= 11 is 0. The molecule has 1 aromatic carbocycles. The van der Waals surface area contributed by atoms with Gasteiger partial charge in [0.15, 0.2) is 11.5 Å². The highest BCUT2D eigenvalue weighted by molar-refractivity contribution is 5.79. The van der Waals surface area contributed by atoms with Crippen LogP contribution in [0.2, 0.25) is 0 Å². The number of ether oxygens (including phenoxy) is 3. The Morgan fingerprint density at radius 3 is 2.05 bits per heavy atom. The zero-order valence-electron chi connectivity index (χ0n) is 14.1. The van der Waals surface area contributed by atoms with Gasteiger partial charge in [-0.15, -0.1) is 0 Å². The van der Waals surface area contributed by atoms with Gasteiger partial charge in [-0.05, 0) is 31.7 Å². The predicted molar refractivity (Wildman–Crippen MR) is 85.7 cm³/mol. The van der Waals surface area contributed by atoms with Crippen LogP contribution in [0.5, 0.6) is 17.2 Å². The van der Waals surface area contributed by atoms with Gasteiger partial charge in [0.05, 0.1) is 27.4 Å². The smallest absolute Gasteiger partial charge is 0.224 e. The molecule has 0 aliphatic rings. The van der Waals surface area contributed by atoms with Gasteiger partial charge >= 0.3 is 0 Å². The Morgan fingerprint density at radius 2 is 1.64 bits per heavy atom. The summed E-state index contributed by atoms with van der Waals surface area (Å²) in [5.41, 5.74) is 0.888. The van der Waals surface area contributed by atoms with Crippen molar-refractivity contribution >= 4 is 5.91 Å². The van der Waals surface area contributed by atoms with E-state index in [9.17, 15) is 4.79 Å². The van der Waals surface area contributed by atoms with E-state index in [4.69, 9.17) is 14.2 Å². The lowest BCUT2D eigenvalue weighted by atomic mass is 10.1. The molecule has 2 atom stereocenters. The highest BCUT2D eigenvalue weighted by atomic mass is 16.5. The van der Waals surface area contributed by atoms with Crippen molar-refractivity contribution in [2.75, 3.05) is 34.9 Å². The second kappa shape index (κ2) is 8.48. The van der Waals surface area contributed by atoms with Crippen molar-refractivity contribution in [3.63, 3.8) is 0 Å². The van der Waals surface area contributed by atoms with Crippen molar-refractivity contribution in [3.8, 4) is 17.2 Å². The molecule has 1 amide bonds. The van der Waals surface area contributed by atoms with Crippen LogP contribution in [0, 0.1) is 5.92 Å². The van der Waals surface area contributed by atoms with Gasteiger partial charge in [0.1, 0.15) is 0 Å². The van der Waals surface area contributed by atoms with E-state index in [-0.39, 0.29) is 17.9 Å². The molecule has 2 unspecified atom stereocenters. The predicted octanol–water partition coefficient (Wildman–Crippen LogP) is 1.75. The molecule has 0 saturated heterocycles. The number of rotatable bonds is 8. The molecule has 0 aliphatic heterocycles. The van der Waals surface area contributed by atoms with E-state index in [0.717, 1.165) is 5.56 Å². The number of hydrogen-bond donors (Lipinski definition) is 2. The fraction of sp³-hybridized carbons (Fsp3) is 0.562. The van der Waals surface area contributed by atoms with Crippen molar-refractivity contribution in [2.45, 2.75) is 19.9 Å². The van der Waals surface area contributed by atoms with Crippen LogP contribution in [0.4, 0.5) is 0 Å². The summed E-state index contributed by atoms with van der Waals surface area (Å²) in [6, 6.07) is 3.52. The normalized spacial score (nSPS) is 13.2. The molecule has 0 spiro atoms. The molecule has 0 heterocycles. The van der Waals surface area contributed by atoms with Gasteiger partial charge in [0, 0.05) is 12.5 Å². The molecule has 0 fully saturated rings. The Labute approximate surface area is 132 Å². The first-order valence-corrected chi connectivity index (χ1v) is 7.23. The van der Waals surface area contributed by atoms with Crippen LogP contribution in [-0.4, -0.2) is 40.8 Å². The van der Waals surface area contributed by atoms with Crippen LogP contribution < -0.4 is 24.8 Å². The summed E-state index contributed by atoms with van der Waals surface area (Å²) in [5, 5.41) is 5.99. The molecule has 0 bridgehead atoms. The summed E-state index contributed by atoms with van der Waals surface area (Å²) in [6.07, 6.45) is 0. The van der Waals surface area contributed by atoms with Crippen molar-refractivity contribution < 1.29 is 19.0 Å². The Hall–Kier alpha value is -1.95. The van der Waals surface area contributed by atoms with Gasteiger partial charge in [0.2, 0.25) is 11.7 Å². The minimum atomic E-state index is -0.166. The zero-order chi connectivity index (χ0) is 16.7. The summed E-state index contributed by atoms with van der Waals surface area (Å²) in [7, 11) is 6.52. The Bertz CT molecular complexity index is 480. The molecule has 1 rings (SSSR count). The van der Waals surface area contributed by atoms with E-state index in [1.54, 1.807) is 21.3 Å². The topological polar surface area (TPSA) is 68.8 Å². The average Bonchev–Trinajstić information content (AvgIpc) is 2.53. The second-order valence-electron chi connectivity index (χ2n) is 5.15. The lowest BCUT2D eigenvalue weighted by molar-refractivity contribution is -0.125. The van der Waals surface area contributed by atoms with Gasteiger partial charge < -0.3 is 24.8 Å². The first-order chi connectivity index (χ1) is 10.5. The Morgan fingerprint density at radius 1 is 1.09 bits per heavy atom. The van der Waals surface area contributed by atoms with Gasteiger partial charge in [-0.3, -0.25) is 4.79 Å². The van der Waals surface area contributed by atoms with Crippen LogP contribution in [0.15, 0.2) is 12.1 Å². The third-order valence-electron chi connectivity index (χ3n) is 3.50. The zero-order valence-corrected chi connectivity index (χ0v) is 14.1. The lowest BCUT2D eigenvalue weighted by Crippen LogP contribution is -2.35. The van der Waals surface area contributed by atoms with Crippen LogP contribution >= 0.6 is 0 Å². The maximum atomic E-state index is 12.1. The van der Waals surface area contributed by atoms with Crippen molar-refractivity contribution in [1.82, 2.24) is 10.6 Å². The number of methoxy groups -OCH3 is 3. The van der Waals surface area contributed by atoms with Gasteiger partial charge in [-0.25, -0.2) is 0 Å². The second-order valence-corrected chi connectivity index (χ2v) is 5.15. The molecular formula is C16H26N2O4. The number of benzene rings is 1. The highest BCUT2D eigenvalue weighted by Gasteiger charge is 2.19. The molecule has 22 heavy (non-hydrogen) atoms. The average molecular weight is 310 g/mol. The van der Waals surface area contributed by atoms with Crippen molar-refractivity contribution in [3.05, 3.63) is 17.7 Å². The molecule has 6 heteroatoms. The van der Waals surface area contributed by atoms with Gasteiger partial charge in [0.25, 0.3) is 0 Å². The summed E-state index contributed by atoms with van der Waals surface area (Å²) in [5.74, 6) is 1.57. The van der Waals surface area contributed by atoms with Gasteiger partial charge in [-0.1, -0.05) is 6.92 Å². The number of amides is 1. The third kappa shape index (κ3) is 4.27. The van der Waals surface area contributed by atoms with Crippen LogP contribution in [0.1, 0.15) is 25.5 Å². The monoisotopic (exact) mass is 310 g/mol. The molecule has 0 aromatic heterocycles. The Balaban J connectivity index is 2.98. The summed E-state index contributed by atoms with van der Waals surface area (Å²) < 4.78 is 16.0. The molecule has 1 aromatic rings. The largest absolute Gasteiger partial charge is 0.493 e. The molecular weight excluding hydrogens is 284 g/mol. The fourth-order valence-electron chi connectivity index (χ4n) is 2.19. The molecule has 0 radical (unpaired) electrons. The summed E-state index contributed by atoms with van der Waals surface area (Å²) in [6.45, 7) is 4.44. The quantitative estimate of drug-likeness (QED) is 0.765. The number of carbonyl (C=O) groups is 1. The van der Waals surface area contributed by atoms with Crippen LogP contribution in [0.3, 0.4) is 0 Å². The highest BCUT2D eigenvalue weighted by Crippen LogP contribution is 2.39. The van der Waals surface area contributed by atoms with Crippen molar-refractivity contribution in [1.29, 1.82) is 0 Å². The number of hydrogen-bond acceptors (Lipinski definition) is 5. The third-order valence-corrected chi connectivity index (χ3v) is 3.50. The van der Waals surface area contributed by atoms with Gasteiger partial charge in [-0.2, -0.15) is 0 Å². The van der Waals surface area contributed by atoms with Crippen molar-refractivity contribution in [2.24, 2.45) is 5.92 Å². The standard InChI is InChI=1S/C16H26N2O4/c1-10(9-17-3)16(19)18-11(2)12-7-13(20-4)15(22-6)14(8-12)21-5/h7-8,10-11,17H,9H2,1-6H3,(H,18,19). The maximum Gasteiger partial charge on any atom is 0.224 e. The minimum Gasteiger partial charge on any atom is -0.493 e. The summed E-state index contributed by atoms with van der Waals surface area (Å²) in [4.78, 5) is 12.1. The van der Waals surface area contributed by atoms with Crippen LogP contribution in [-0.2, 0) is 4.79 Å². The number of nitrogens with one attached hydrogen (secondary N) is 2. The van der Waals surface area contributed by atoms with E-state index < -0.39 is 0 Å². The van der Waals surface area contributed by atoms with E-state index in [2.05, 4.69) is 10.6 Å². The molecule has 0 aliphatic carbocycles. The fourth-order valence-corrected chi connectivity index (χ4v) is 2.19. The molecule has 6 nitrogen and oxygen atoms in total. The van der Waals surface area contributed by atoms with E-state index >= 15 is 0 Å². The van der Waals surface area contributed by atoms with E-state index in [1.807, 2.05) is 33.0 Å². The first-order valence-electron chi connectivity index (χ1n) is 7.23. The minimum absolute atomic E-state index is 0.00407. The molecule has 2 N–H and O–H groups in total. The SMILES string of the molecule is CNCC(C)C(=O)NC(C)c1cc(OC)c(OC)c(OC)c1. The lowest BCUT2D eigenvalue weighted by Gasteiger charge is -2.20. The molecule has 124 valence electrons. The van der Waals surface area contributed by atoms with E-state index in [0.29, 0.717) is 23.8 Å². The maximum absolute atomic E-state index is 12.1. The number of carbonyl (C=O) groups excluding carboxylic acids is 1.